The second-order valence-electron chi connectivity index (χ2n) is 1.98. The molecule has 0 atom stereocenters. The Morgan fingerprint density at radius 1 is 1.54 bits per heavy atom. The van der Waals surface area contributed by atoms with E-state index < -0.39 is 0 Å². The van der Waals surface area contributed by atoms with Crippen LogP contribution in [-0.4, -0.2) is 31.9 Å². The highest BCUT2D eigenvalue weighted by atomic mass is 33.1. The minimum atomic E-state index is 0.546. The van der Waals surface area contributed by atoms with E-state index in [4.69, 9.17) is 0 Å². The third-order valence-electron chi connectivity index (χ3n) is 1.21. The Kier molecular flexibility index (Phi) is 2.81. The fourth-order valence-electron chi connectivity index (χ4n) is 0.740. The molecule has 0 aliphatic carbocycles. The number of aromatic nitrogens is 5. The van der Waals surface area contributed by atoms with Crippen LogP contribution in [0, 0.1) is 0 Å². The third-order valence-corrected chi connectivity index (χ3v) is 4.08. The largest absolute Gasteiger partial charge is 0.225 e. The number of rotatable bonds is 3. The highest BCUT2D eigenvalue weighted by Crippen LogP contribution is 2.32. The third kappa shape index (κ3) is 2.01. The number of thiazole rings is 1. The highest BCUT2D eigenvalue weighted by Gasteiger charge is 2.07. The van der Waals surface area contributed by atoms with Gasteiger partial charge in [0, 0.05) is 5.38 Å². The first kappa shape index (κ1) is 8.97. The van der Waals surface area contributed by atoms with Gasteiger partial charge in [0.05, 0.1) is 0 Å². The van der Waals surface area contributed by atoms with Crippen LogP contribution in [-0.2, 0) is 0 Å². The van der Waals surface area contributed by atoms with Gasteiger partial charge in [-0.25, -0.2) is 4.98 Å². The molecule has 68 valence electrons. The van der Waals surface area contributed by atoms with E-state index >= 15 is 0 Å². The number of hydrogen-bond donors (Lipinski definition) is 1. The van der Waals surface area contributed by atoms with Crippen LogP contribution in [0.1, 0.15) is 0 Å². The average molecular weight is 231 g/mol. The van der Waals surface area contributed by atoms with Crippen molar-refractivity contribution in [2.45, 2.75) is 4.34 Å². The first-order valence-electron chi connectivity index (χ1n) is 3.30. The fourth-order valence-corrected chi connectivity index (χ4v) is 3.35. The van der Waals surface area contributed by atoms with E-state index in [1.165, 1.54) is 0 Å². The SMILES string of the molecule is CSSc1nc(-c2nn[nH]n2)cs1. The Morgan fingerprint density at radius 2 is 2.46 bits per heavy atom. The zero-order valence-electron chi connectivity index (χ0n) is 6.59. The van der Waals surface area contributed by atoms with E-state index in [9.17, 15) is 0 Å². The van der Waals surface area contributed by atoms with Crippen LogP contribution in [0.5, 0.6) is 0 Å². The van der Waals surface area contributed by atoms with Crippen molar-refractivity contribution in [3.8, 4) is 11.5 Å². The van der Waals surface area contributed by atoms with E-state index in [0.29, 0.717) is 5.82 Å². The van der Waals surface area contributed by atoms with E-state index in [0.717, 1.165) is 10.0 Å². The van der Waals surface area contributed by atoms with Crippen molar-refractivity contribution in [1.82, 2.24) is 25.6 Å². The van der Waals surface area contributed by atoms with Crippen molar-refractivity contribution in [2.75, 3.05) is 6.26 Å². The molecule has 2 heterocycles. The second kappa shape index (κ2) is 4.07. The summed E-state index contributed by atoms with van der Waals surface area (Å²) in [5.41, 5.74) is 0.773. The normalized spacial score (nSPS) is 10.5. The number of hydrogen-bond acceptors (Lipinski definition) is 7. The van der Waals surface area contributed by atoms with Crippen molar-refractivity contribution in [1.29, 1.82) is 0 Å². The van der Waals surface area contributed by atoms with Gasteiger partial charge < -0.3 is 0 Å². The molecule has 0 unspecified atom stereocenters. The molecule has 1 N–H and O–H groups in total. The lowest BCUT2D eigenvalue weighted by Crippen LogP contribution is -1.79. The summed E-state index contributed by atoms with van der Waals surface area (Å²) in [7, 11) is 3.30. The Balaban J connectivity index is 2.23. The summed E-state index contributed by atoms with van der Waals surface area (Å²) < 4.78 is 1.01. The summed E-state index contributed by atoms with van der Waals surface area (Å²) in [6.07, 6.45) is 2.01. The molecule has 0 aliphatic rings. The van der Waals surface area contributed by atoms with Gasteiger partial charge in [0.2, 0.25) is 5.82 Å². The molecule has 2 aromatic heterocycles. The number of nitrogens with zero attached hydrogens (tertiary/aromatic N) is 4. The van der Waals surface area contributed by atoms with Crippen LogP contribution in [0.2, 0.25) is 0 Å². The minimum Gasteiger partial charge on any atom is -0.225 e. The molecular formula is C5H5N5S3. The quantitative estimate of drug-likeness (QED) is 0.811. The molecule has 0 radical (unpaired) electrons. The Labute approximate surface area is 86.1 Å². The van der Waals surface area contributed by atoms with Gasteiger partial charge in [-0.15, -0.1) is 21.5 Å². The predicted molar refractivity (Wildman–Crippen MR) is 54.7 cm³/mol. The lowest BCUT2D eigenvalue weighted by molar-refractivity contribution is 0.881. The summed E-state index contributed by atoms with van der Waals surface area (Å²) >= 11 is 1.58. The summed E-state index contributed by atoms with van der Waals surface area (Å²) in [5.74, 6) is 0.546. The van der Waals surface area contributed by atoms with Gasteiger partial charge in [-0.1, -0.05) is 10.8 Å². The second-order valence-corrected chi connectivity index (χ2v) is 5.49. The van der Waals surface area contributed by atoms with Gasteiger partial charge in [0.1, 0.15) is 5.69 Å². The van der Waals surface area contributed by atoms with Crippen molar-refractivity contribution in [3.63, 3.8) is 0 Å². The van der Waals surface area contributed by atoms with Crippen molar-refractivity contribution >= 4 is 32.9 Å². The van der Waals surface area contributed by atoms with Gasteiger partial charge >= 0.3 is 0 Å². The van der Waals surface area contributed by atoms with Crippen LogP contribution in [0.3, 0.4) is 0 Å². The smallest absolute Gasteiger partial charge is 0.223 e. The molecule has 0 saturated carbocycles. The fraction of sp³-hybridized carbons (Fsp3) is 0.200. The van der Waals surface area contributed by atoms with Crippen LogP contribution in [0.4, 0.5) is 0 Å². The number of H-pyrrole nitrogens is 1. The van der Waals surface area contributed by atoms with Crippen LogP contribution < -0.4 is 0 Å². The van der Waals surface area contributed by atoms with Gasteiger partial charge in [-0.3, -0.25) is 0 Å². The lowest BCUT2D eigenvalue weighted by Gasteiger charge is -1.86. The zero-order valence-corrected chi connectivity index (χ0v) is 9.04. The molecule has 8 heteroatoms. The number of nitrogens with one attached hydrogen (secondary N) is 1. The molecule has 0 fully saturated rings. The molecule has 2 aromatic rings. The van der Waals surface area contributed by atoms with Gasteiger partial charge in [0.15, 0.2) is 4.34 Å². The van der Waals surface area contributed by atoms with E-state index in [1.807, 2.05) is 11.6 Å². The molecule has 5 nitrogen and oxygen atoms in total. The van der Waals surface area contributed by atoms with Crippen molar-refractivity contribution in [3.05, 3.63) is 5.38 Å². The maximum Gasteiger partial charge on any atom is 0.223 e. The highest BCUT2D eigenvalue weighted by molar-refractivity contribution is 8.76. The van der Waals surface area contributed by atoms with Crippen LogP contribution >= 0.6 is 32.9 Å². The Hall–Kier alpha value is -0.600. The van der Waals surface area contributed by atoms with E-state index in [1.54, 1.807) is 32.9 Å². The first-order valence-corrected chi connectivity index (χ1v) is 6.74. The molecule has 0 spiro atoms. The summed E-state index contributed by atoms with van der Waals surface area (Å²) in [5, 5.41) is 15.5. The Morgan fingerprint density at radius 3 is 3.15 bits per heavy atom. The molecule has 2 rings (SSSR count). The number of aromatic amines is 1. The monoisotopic (exact) mass is 231 g/mol. The Bertz CT molecular complexity index is 369. The molecule has 13 heavy (non-hydrogen) atoms. The van der Waals surface area contributed by atoms with Gasteiger partial charge in [-0.2, -0.15) is 5.21 Å². The maximum atomic E-state index is 4.32. The van der Waals surface area contributed by atoms with Crippen molar-refractivity contribution < 1.29 is 0 Å². The first-order chi connectivity index (χ1) is 6.40. The van der Waals surface area contributed by atoms with Crippen LogP contribution in [0.25, 0.3) is 11.5 Å². The zero-order chi connectivity index (χ0) is 9.10. The predicted octanol–water partition coefficient (Wildman–Crippen LogP) is 1.69. The topological polar surface area (TPSA) is 67.3 Å². The molecule has 0 aliphatic heterocycles. The summed E-state index contributed by atoms with van der Waals surface area (Å²) in [4.78, 5) is 4.32. The molecular weight excluding hydrogens is 226 g/mol. The van der Waals surface area contributed by atoms with E-state index in [-0.39, 0.29) is 0 Å². The molecule has 0 amide bonds. The van der Waals surface area contributed by atoms with Crippen molar-refractivity contribution in [2.24, 2.45) is 0 Å². The minimum absolute atomic E-state index is 0.546. The molecule has 0 aromatic carbocycles. The van der Waals surface area contributed by atoms with Gasteiger partial charge in [-0.05, 0) is 22.3 Å². The standard InChI is InChI=1S/C5H5N5S3/c1-11-13-5-6-3(2-12-5)4-7-9-10-8-4/h2H,1H3,(H,7,8,9,10). The van der Waals surface area contributed by atoms with Crippen LogP contribution in [0.15, 0.2) is 9.72 Å². The molecule has 0 bridgehead atoms. The summed E-state index contributed by atoms with van der Waals surface area (Å²) in [6.45, 7) is 0. The maximum absolute atomic E-state index is 4.32. The summed E-state index contributed by atoms with van der Waals surface area (Å²) in [6, 6.07) is 0. The van der Waals surface area contributed by atoms with Gasteiger partial charge in [0.25, 0.3) is 0 Å². The van der Waals surface area contributed by atoms with E-state index in [2.05, 4.69) is 25.6 Å². The lowest BCUT2D eigenvalue weighted by atomic mass is 10.5. The molecule has 0 saturated heterocycles. The number of tetrazole rings is 1. The average Bonchev–Trinajstić information content (AvgIpc) is 2.70.